The fraction of sp³-hybridized carbons (Fsp3) is 0.458. The second kappa shape index (κ2) is 19.1. The number of allylic oxidation sites excluding steroid dienone is 4. The maximum absolute atomic E-state index is 6.53. The first-order valence-corrected chi connectivity index (χ1v) is 19.4. The number of hydrogen-bond acceptors (Lipinski definition) is 3. The van der Waals surface area contributed by atoms with Crippen LogP contribution in [0.2, 0.25) is 0 Å². The second-order valence-corrected chi connectivity index (χ2v) is 16.4. The van der Waals surface area contributed by atoms with E-state index in [0.29, 0.717) is 5.92 Å². The molecule has 0 fully saturated rings. The Morgan fingerprint density at radius 2 is 1.57 bits per heavy atom. The van der Waals surface area contributed by atoms with E-state index in [9.17, 15) is 0 Å². The maximum atomic E-state index is 6.53. The molecule has 0 aliphatic rings. The Hall–Kier alpha value is -3.82. The van der Waals surface area contributed by atoms with Crippen LogP contribution >= 0.6 is 0 Å². The summed E-state index contributed by atoms with van der Waals surface area (Å²) in [5.74, 6) is 0.699. The van der Waals surface area contributed by atoms with Gasteiger partial charge in [0.2, 0.25) is 0 Å². The second-order valence-electron chi connectivity index (χ2n) is 16.4. The third kappa shape index (κ3) is 12.1. The van der Waals surface area contributed by atoms with Gasteiger partial charge in [-0.3, -0.25) is 0 Å². The Balaban J connectivity index is 2.04. The van der Waals surface area contributed by atoms with Crippen molar-refractivity contribution in [1.29, 1.82) is 0 Å². The van der Waals surface area contributed by atoms with E-state index in [1.165, 1.54) is 55.7 Å². The fourth-order valence-electron chi connectivity index (χ4n) is 7.04. The minimum absolute atomic E-state index is 0.0953. The average Bonchev–Trinajstić information content (AvgIpc) is 3.10. The highest BCUT2D eigenvalue weighted by molar-refractivity contribution is 5.74. The average molecular weight is 688 g/mol. The summed E-state index contributed by atoms with van der Waals surface area (Å²) in [5, 5.41) is 7.18. The molecule has 2 unspecified atom stereocenters. The molecule has 0 aromatic heterocycles. The molecule has 2 atom stereocenters. The van der Waals surface area contributed by atoms with Crippen LogP contribution in [-0.4, -0.2) is 6.54 Å². The zero-order valence-corrected chi connectivity index (χ0v) is 33.6. The van der Waals surface area contributed by atoms with Gasteiger partial charge in [0.1, 0.15) is 0 Å². The van der Waals surface area contributed by atoms with Crippen molar-refractivity contribution in [3.05, 3.63) is 132 Å². The molecule has 0 spiro atoms. The first-order valence-electron chi connectivity index (χ1n) is 19.4. The minimum Gasteiger partial charge on any atom is -0.401 e. The van der Waals surface area contributed by atoms with Crippen molar-refractivity contribution in [3.63, 3.8) is 0 Å². The highest BCUT2D eigenvalue weighted by Gasteiger charge is 2.33. The van der Waals surface area contributed by atoms with Gasteiger partial charge in [0.15, 0.2) is 0 Å². The smallest absolute Gasteiger partial charge is 0.0240 e. The number of nitrogens with one attached hydrogen (secondary N) is 2. The molecule has 3 nitrogen and oxygen atoms in total. The summed E-state index contributed by atoms with van der Waals surface area (Å²) >= 11 is 0. The molecule has 4 N–H and O–H groups in total. The van der Waals surface area contributed by atoms with E-state index in [4.69, 9.17) is 5.73 Å². The van der Waals surface area contributed by atoms with Gasteiger partial charge in [0, 0.05) is 31.5 Å². The van der Waals surface area contributed by atoms with Crippen molar-refractivity contribution in [2.24, 2.45) is 22.5 Å². The van der Waals surface area contributed by atoms with E-state index in [-0.39, 0.29) is 16.7 Å². The van der Waals surface area contributed by atoms with Crippen molar-refractivity contribution in [2.75, 3.05) is 6.54 Å². The summed E-state index contributed by atoms with van der Waals surface area (Å²) < 4.78 is 0. The zero-order valence-electron chi connectivity index (χ0n) is 33.6. The van der Waals surface area contributed by atoms with Gasteiger partial charge in [0.05, 0.1) is 0 Å². The molecule has 0 saturated carbocycles. The molecular formula is C48H69N3. The van der Waals surface area contributed by atoms with Gasteiger partial charge in [0.25, 0.3) is 0 Å². The van der Waals surface area contributed by atoms with Crippen LogP contribution in [0.25, 0.3) is 22.3 Å². The van der Waals surface area contributed by atoms with E-state index < -0.39 is 0 Å². The van der Waals surface area contributed by atoms with Crippen molar-refractivity contribution in [1.82, 2.24) is 10.6 Å². The summed E-state index contributed by atoms with van der Waals surface area (Å²) in [6.07, 6.45) is 7.85. The highest BCUT2D eigenvalue weighted by Crippen LogP contribution is 2.46. The molecule has 0 amide bonds. The van der Waals surface area contributed by atoms with E-state index in [0.717, 1.165) is 63.9 Å². The minimum atomic E-state index is -0.0953. The SMILES string of the molecule is C=C(CC(C)(C)C)c1cccc(CNCc2cc(C(CC/C(N)=C/NCCC)C(C)(C)C(=C)CC)ccc2-c2cccc(C(=C)C(C)CC)c2)c1. The Labute approximate surface area is 312 Å². The molecule has 51 heavy (non-hydrogen) atoms. The van der Waals surface area contributed by atoms with Gasteiger partial charge < -0.3 is 16.4 Å². The number of benzene rings is 3. The van der Waals surface area contributed by atoms with Gasteiger partial charge in [-0.1, -0.05) is 148 Å². The third-order valence-corrected chi connectivity index (χ3v) is 10.6. The Bertz CT molecular complexity index is 1650. The molecular weight excluding hydrogens is 619 g/mol. The molecule has 276 valence electrons. The lowest BCUT2D eigenvalue weighted by molar-refractivity contribution is 0.323. The van der Waals surface area contributed by atoms with Gasteiger partial charge in [-0.2, -0.15) is 0 Å². The lowest BCUT2D eigenvalue weighted by Crippen LogP contribution is -2.25. The van der Waals surface area contributed by atoms with Crippen LogP contribution in [0, 0.1) is 16.7 Å². The van der Waals surface area contributed by atoms with Crippen molar-refractivity contribution >= 4 is 11.1 Å². The number of nitrogens with two attached hydrogens (primary N) is 1. The largest absolute Gasteiger partial charge is 0.401 e. The van der Waals surface area contributed by atoms with Crippen LogP contribution in [0.3, 0.4) is 0 Å². The van der Waals surface area contributed by atoms with Crippen molar-refractivity contribution < 1.29 is 0 Å². The summed E-state index contributed by atoms with van der Waals surface area (Å²) in [5.41, 5.74) is 20.0. The lowest BCUT2D eigenvalue weighted by atomic mass is 9.67. The van der Waals surface area contributed by atoms with E-state index in [1.807, 2.05) is 6.20 Å². The lowest BCUT2D eigenvalue weighted by Gasteiger charge is -2.37. The van der Waals surface area contributed by atoms with E-state index in [2.05, 4.69) is 159 Å². The third-order valence-electron chi connectivity index (χ3n) is 10.6. The molecule has 3 aromatic rings. The zero-order chi connectivity index (χ0) is 37.8. The van der Waals surface area contributed by atoms with Crippen molar-refractivity contribution in [3.8, 4) is 11.1 Å². The van der Waals surface area contributed by atoms with Crippen molar-refractivity contribution in [2.45, 2.75) is 120 Å². The Kier molecular flexibility index (Phi) is 15.6. The molecule has 0 saturated heterocycles. The standard InChI is InChI=1S/C48H69N3/c1-13-26-50-33-44(49)23-25-46(48(11,12)36(6)15-3)42-22-24-45(41-21-17-20-40(28-41)37(7)34(4)14-2)43(29-42)32-51-31-38-18-16-19-39(27-38)35(5)30-47(8,9)10/h16-22,24,27-29,33-34,46,50-51H,5-7,13-15,23,25-26,30-32,49H2,1-4,8-12H3/b44-33-. The molecule has 3 aromatic carbocycles. The van der Waals surface area contributed by atoms with Crippen LogP contribution in [-0.2, 0) is 13.1 Å². The van der Waals surface area contributed by atoms with Crippen LogP contribution in [0.1, 0.15) is 135 Å². The van der Waals surface area contributed by atoms with Gasteiger partial charge in [-0.15, -0.1) is 0 Å². The fourth-order valence-corrected chi connectivity index (χ4v) is 7.04. The Morgan fingerprint density at radius 3 is 2.24 bits per heavy atom. The molecule has 0 aliphatic carbocycles. The maximum Gasteiger partial charge on any atom is 0.0240 e. The van der Waals surface area contributed by atoms with Crippen LogP contribution in [0.15, 0.2) is 104 Å². The molecule has 3 rings (SSSR count). The summed E-state index contributed by atoms with van der Waals surface area (Å²) in [6, 6.07) is 24.9. The topological polar surface area (TPSA) is 50.1 Å². The number of rotatable bonds is 20. The van der Waals surface area contributed by atoms with E-state index >= 15 is 0 Å². The summed E-state index contributed by atoms with van der Waals surface area (Å²) in [4.78, 5) is 0. The van der Waals surface area contributed by atoms with E-state index in [1.54, 1.807) is 0 Å². The first-order chi connectivity index (χ1) is 24.1. The monoisotopic (exact) mass is 688 g/mol. The summed E-state index contributed by atoms with van der Waals surface area (Å²) in [6.45, 7) is 36.3. The quantitative estimate of drug-likeness (QED) is 0.0818. The van der Waals surface area contributed by atoms with Gasteiger partial charge >= 0.3 is 0 Å². The molecule has 3 heteroatoms. The number of hydrogen-bond donors (Lipinski definition) is 3. The highest BCUT2D eigenvalue weighted by atomic mass is 14.8. The predicted octanol–water partition coefficient (Wildman–Crippen LogP) is 12.8. The molecule has 0 radical (unpaired) electrons. The van der Waals surface area contributed by atoms with Crippen LogP contribution in [0.5, 0.6) is 0 Å². The van der Waals surface area contributed by atoms with Gasteiger partial charge in [-0.05, 0) is 117 Å². The van der Waals surface area contributed by atoms with Gasteiger partial charge in [-0.25, -0.2) is 0 Å². The Morgan fingerprint density at radius 1 is 0.863 bits per heavy atom. The normalized spacial score (nSPS) is 13.5. The first kappa shape index (κ1) is 41.6. The summed E-state index contributed by atoms with van der Waals surface area (Å²) in [7, 11) is 0. The van der Waals surface area contributed by atoms with Crippen LogP contribution < -0.4 is 16.4 Å². The predicted molar refractivity (Wildman–Crippen MR) is 226 cm³/mol. The molecule has 0 heterocycles. The molecule has 0 aliphatic heterocycles. The molecule has 0 bridgehead atoms. The van der Waals surface area contributed by atoms with Crippen LogP contribution in [0.4, 0.5) is 0 Å².